The predicted molar refractivity (Wildman–Crippen MR) is 87.7 cm³/mol. The number of hydrogen-bond acceptors (Lipinski definition) is 5. The highest BCUT2D eigenvalue weighted by atomic mass is 32.1. The van der Waals surface area contributed by atoms with E-state index in [2.05, 4.69) is 63.1 Å². The van der Waals surface area contributed by atoms with E-state index in [4.69, 9.17) is 0 Å². The maximum Gasteiger partial charge on any atom is 0.438 e. The van der Waals surface area contributed by atoms with Crippen LogP contribution >= 0.6 is 63.1 Å². The minimum absolute atomic E-state index is 0. The molecule has 0 nitrogen and oxygen atoms in total. The molecular formula is C5H10F20S5. The molecule has 0 aliphatic carbocycles. The molecular weight excluding hydrogens is 600 g/mol. The van der Waals surface area contributed by atoms with Gasteiger partial charge in [-0.1, -0.05) is 63.1 Å². The van der Waals surface area contributed by atoms with Crippen molar-refractivity contribution >= 4 is 63.1 Å². The summed E-state index contributed by atoms with van der Waals surface area (Å²) >= 11 is 10.6. The van der Waals surface area contributed by atoms with Gasteiger partial charge in [0.15, 0.2) is 0 Å². The van der Waals surface area contributed by atoms with Crippen LogP contribution in [0.15, 0.2) is 0 Å². The van der Waals surface area contributed by atoms with Crippen LogP contribution in [0.1, 0.15) is 0 Å². The Balaban J connectivity index is -0.0000000200. The molecule has 0 N–H and O–H groups in total. The van der Waals surface area contributed by atoms with E-state index < -0.39 is 27.5 Å². The lowest BCUT2D eigenvalue weighted by molar-refractivity contribution is -0.0313. The summed E-state index contributed by atoms with van der Waals surface area (Å²) in [6, 6.07) is 0. The first-order valence-corrected chi connectivity index (χ1v) is 6.19. The zero-order valence-corrected chi connectivity index (χ0v) is 16.9. The van der Waals surface area contributed by atoms with Crippen molar-refractivity contribution in [1.29, 1.82) is 0 Å². The van der Waals surface area contributed by atoms with Crippen LogP contribution < -0.4 is 0 Å². The molecule has 25 heteroatoms. The van der Waals surface area contributed by atoms with Gasteiger partial charge in [0.05, 0.1) is 0 Å². The molecule has 0 aliphatic rings. The summed E-state index contributed by atoms with van der Waals surface area (Å²) in [5.41, 5.74) is -21.5. The average Bonchev–Trinajstić information content (AvgIpc) is 1.79. The highest BCUT2D eigenvalue weighted by Crippen LogP contribution is 2.19. The third-order valence-corrected chi connectivity index (χ3v) is 0. The van der Waals surface area contributed by atoms with E-state index in [9.17, 15) is 65.9 Å². The van der Waals surface area contributed by atoms with Crippen molar-refractivity contribution in [2.24, 2.45) is 0 Å². The third-order valence-electron chi connectivity index (χ3n) is 0. The zero-order chi connectivity index (χ0) is 22.5. The summed E-state index contributed by atoms with van der Waals surface area (Å²) in [5, 5.41) is 0. The van der Waals surface area contributed by atoms with Crippen molar-refractivity contribution < 1.29 is 89.4 Å². The van der Waals surface area contributed by atoms with E-state index in [0.29, 0.717) is 0 Å². The molecule has 0 amide bonds. The molecule has 0 aromatic rings. The first-order chi connectivity index (χ1) is 10.0. The van der Waals surface area contributed by atoms with Crippen LogP contribution in [0.25, 0.3) is 0 Å². The average molecular weight is 610 g/mol. The fourth-order valence-corrected chi connectivity index (χ4v) is 0. The van der Waals surface area contributed by atoms with Gasteiger partial charge in [-0.2, -0.15) is 65.9 Å². The van der Waals surface area contributed by atoms with E-state index in [-0.39, 0.29) is 23.5 Å². The molecule has 0 spiro atoms. The molecule has 0 heterocycles. The molecule has 0 atom stereocenters. The molecule has 0 aromatic carbocycles. The van der Waals surface area contributed by atoms with Gasteiger partial charge in [-0.05, 0) is 0 Å². The van der Waals surface area contributed by atoms with Gasteiger partial charge in [-0.15, -0.1) is 0 Å². The van der Waals surface area contributed by atoms with Crippen molar-refractivity contribution in [2.45, 2.75) is 27.5 Å². The van der Waals surface area contributed by atoms with Crippen molar-refractivity contribution in [1.82, 2.24) is 0 Å². The zero-order valence-electron chi connectivity index (χ0n) is 12.4. The quantitative estimate of drug-likeness (QED) is 0.134. The summed E-state index contributed by atoms with van der Waals surface area (Å²) in [4.78, 5) is 0. The highest BCUT2D eigenvalue weighted by molar-refractivity contribution is 7.81. The molecule has 0 rings (SSSR count). The molecule has 0 unspecified atom stereocenters. The maximum atomic E-state index is 10.2. The molecule has 0 bridgehead atoms. The largest absolute Gasteiger partial charge is 0.438 e. The van der Waals surface area contributed by atoms with E-state index in [1.807, 2.05) is 0 Å². The summed E-state index contributed by atoms with van der Waals surface area (Å²) < 4.78 is 153. The molecule has 0 fully saturated rings. The van der Waals surface area contributed by atoms with Crippen LogP contribution in [0.2, 0.25) is 0 Å². The maximum absolute atomic E-state index is 10.2. The van der Waals surface area contributed by atoms with Gasteiger partial charge >= 0.3 is 27.5 Å². The second-order valence-corrected chi connectivity index (χ2v) is 4.87. The van der Waals surface area contributed by atoms with E-state index in [1.165, 1.54) is 0 Å². The number of halogens is 20. The summed E-state index contributed by atoms with van der Waals surface area (Å²) in [5.74, 6) is 0. The van der Waals surface area contributed by atoms with Gasteiger partial charge in [-0.3, -0.25) is 23.5 Å². The van der Waals surface area contributed by atoms with Gasteiger partial charge in [0, 0.05) is 0 Å². The molecule has 0 saturated carbocycles. The van der Waals surface area contributed by atoms with Gasteiger partial charge in [-0.25, -0.2) is 0 Å². The standard InChI is InChI=1S/5CHF3S.5FH/c5*2-1(3,4)5;;;;;/h5*5H;5*1H. The Bertz CT molecular complexity index is 185. The topological polar surface area (TPSA) is 0 Å². The number of thiol groups is 5. The number of hydrogen-bond donors (Lipinski definition) is 5. The van der Waals surface area contributed by atoms with Gasteiger partial charge in [0.25, 0.3) is 0 Å². The van der Waals surface area contributed by atoms with Crippen LogP contribution in [0.4, 0.5) is 89.4 Å². The molecule has 0 aromatic heterocycles. The van der Waals surface area contributed by atoms with Crippen LogP contribution in [-0.4, -0.2) is 27.5 Å². The molecule has 200 valence electrons. The molecule has 0 radical (unpaired) electrons. The van der Waals surface area contributed by atoms with Crippen molar-refractivity contribution in [3.63, 3.8) is 0 Å². The molecule has 0 aliphatic heterocycles. The van der Waals surface area contributed by atoms with Crippen LogP contribution in [-0.2, 0) is 0 Å². The molecule has 30 heavy (non-hydrogen) atoms. The Labute approximate surface area is 180 Å². The SMILES string of the molecule is F.F.F.F.F.FC(F)(F)S.FC(F)(F)S.FC(F)(F)S.FC(F)(F)S.FC(F)(F)S. The van der Waals surface area contributed by atoms with E-state index in [1.54, 1.807) is 0 Å². The number of alkyl halides is 15. The van der Waals surface area contributed by atoms with Crippen molar-refractivity contribution in [2.75, 3.05) is 0 Å². The minimum Gasteiger partial charge on any atom is -0.269 e. The lowest BCUT2D eigenvalue weighted by Crippen LogP contribution is -1.89. The lowest BCUT2D eigenvalue weighted by atomic mass is 11.6. The first kappa shape index (κ1) is 63.1. The Morgan fingerprint density at radius 2 is 0.233 bits per heavy atom. The smallest absolute Gasteiger partial charge is 0.269 e. The van der Waals surface area contributed by atoms with Crippen LogP contribution in [0, 0.1) is 0 Å². The van der Waals surface area contributed by atoms with E-state index >= 15 is 0 Å². The third kappa shape index (κ3) is 173000. The molecule has 0 saturated heterocycles. The summed E-state index contributed by atoms with van der Waals surface area (Å²) in [6.07, 6.45) is 0. The Morgan fingerprint density at radius 3 is 0.233 bits per heavy atom. The fourth-order valence-electron chi connectivity index (χ4n) is 0. The van der Waals surface area contributed by atoms with Crippen molar-refractivity contribution in [3.8, 4) is 0 Å². The summed E-state index contributed by atoms with van der Waals surface area (Å²) in [7, 11) is 0. The lowest BCUT2D eigenvalue weighted by Gasteiger charge is -1.87. The first-order valence-electron chi connectivity index (χ1n) is 3.95. The second-order valence-electron chi connectivity index (χ2n) is 2.34. The summed E-state index contributed by atoms with van der Waals surface area (Å²) in [6.45, 7) is 0. The van der Waals surface area contributed by atoms with E-state index in [0.717, 1.165) is 0 Å². The second kappa shape index (κ2) is 25.6. The van der Waals surface area contributed by atoms with Gasteiger partial charge in [0.1, 0.15) is 0 Å². The van der Waals surface area contributed by atoms with Gasteiger partial charge in [0.2, 0.25) is 0 Å². The normalized spacial score (nSPS) is 10.0. The fraction of sp³-hybridized carbons (Fsp3) is 1.00. The predicted octanol–water partition coefficient (Wildman–Crippen LogP) is 7.94. The minimum atomic E-state index is -4.31. The van der Waals surface area contributed by atoms with Crippen LogP contribution in [0.5, 0.6) is 0 Å². The van der Waals surface area contributed by atoms with Gasteiger partial charge < -0.3 is 0 Å². The monoisotopic (exact) mass is 610 g/mol. The van der Waals surface area contributed by atoms with Crippen LogP contribution in [0.3, 0.4) is 0 Å². The Hall–Kier alpha value is 0.350. The Kier molecular flexibility index (Phi) is 53.9. The number of rotatable bonds is 0. The van der Waals surface area contributed by atoms with Crippen molar-refractivity contribution in [3.05, 3.63) is 0 Å². The highest BCUT2D eigenvalue weighted by Gasteiger charge is 2.19. The Morgan fingerprint density at radius 1 is 0.233 bits per heavy atom.